The van der Waals surface area contributed by atoms with Crippen LogP contribution in [0.2, 0.25) is 0 Å². The van der Waals surface area contributed by atoms with Crippen LogP contribution in [0.5, 0.6) is 0 Å². The second kappa shape index (κ2) is 10.9. The minimum atomic E-state index is -0.828. The molecule has 1 aromatic heterocycles. The summed E-state index contributed by atoms with van der Waals surface area (Å²) in [6.07, 6.45) is 3.77. The summed E-state index contributed by atoms with van der Waals surface area (Å²) < 4.78 is 6.33. The largest absolute Gasteiger partial charge is 0.466 e. The fraction of sp³-hybridized carbons (Fsp3) is 0.607. The molecular weight excluding hydrogens is 518 g/mol. The Hall–Kier alpha value is -2.92. The molecule has 3 aliphatic rings. The number of thioether (sulfide) groups is 1. The van der Waals surface area contributed by atoms with E-state index in [4.69, 9.17) is 4.74 Å². The fourth-order valence-corrected chi connectivity index (χ4v) is 8.97. The molecule has 1 aromatic carbocycles. The van der Waals surface area contributed by atoms with Crippen molar-refractivity contribution in [1.29, 1.82) is 0 Å². The molecule has 1 spiro atoms. The lowest BCUT2D eigenvalue weighted by Crippen LogP contribution is -2.58. The number of carbonyl (C=O) groups excluding carboxylic acids is 3. The fourth-order valence-electron chi connectivity index (χ4n) is 6.78. The van der Waals surface area contributed by atoms with Gasteiger partial charge in [-0.2, -0.15) is 0 Å². The number of likely N-dealkylation sites (tertiary alicyclic amines) is 1. The van der Waals surface area contributed by atoms with Gasteiger partial charge in [-0.3, -0.25) is 14.4 Å². The van der Waals surface area contributed by atoms with Crippen molar-refractivity contribution in [2.75, 3.05) is 19.8 Å². The number of benzene rings is 1. The van der Waals surface area contributed by atoms with E-state index in [9.17, 15) is 19.5 Å². The molecule has 2 unspecified atom stereocenters. The highest BCUT2D eigenvalue weighted by Crippen LogP contribution is 2.67. The molecular formula is C28H37N5O5S. The smallest absolute Gasteiger partial charge is 0.310 e. The molecule has 1 N–H and O–H groups in total. The number of hydrogen-bond acceptors (Lipinski definition) is 8. The lowest BCUT2D eigenvalue weighted by molar-refractivity contribution is -0.154. The number of aliphatic hydroxyl groups is 1. The lowest BCUT2D eigenvalue weighted by Gasteiger charge is -2.41. The van der Waals surface area contributed by atoms with E-state index in [0.717, 1.165) is 23.9 Å². The van der Waals surface area contributed by atoms with Crippen molar-refractivity contribution < 1.29 is 24.2 Å². The molecule has 0 radical (unpaired) electrons. The molecule has 5 rings (SSSR count). The second-order valence-electron chi connectivity index (χ2n) is 10.8. The van der Waals surface area contributed by atoms with Crippen LogP contribution in [0.25, 0.3) is 11.0 Å². The minimum absolute atomic E-state index is 0.0418. The molecule has 10 nitrogen and oxygen atoms in total. The van der Waals surface area contributed by atoms with Gasteiger partial charge < -0.3 is 19.6 Å². The highest BCUT2D eigenvalue weighted by Gasteiger charge is 2.75. The Morgan fingerprint density at radius 1 is 1.36 bits per heavy atom. The highest BCUT2D eigenvalue weighted by atomic mass is 32.2. The van der Waals surface area contributed by atoms with E-state index in [1.807, 2.05) is 38.1 Å². The van der Waals surface area contributed by atoms with Gasteiger partial charge in [0.05, 0.1) is 41.4 Å². The van der Waals surface area contributed by atoms with Gasteiger partial charge in [0.15, 0.2) is 0 Å². The summed E-state index contributed by atoms with van der Waals surface area (Å²) in [6.45, 7) is 9.97. The van der Waals surface area contributed by atoms with Crippen LogP contribution < -0.4 is 0 Å². The molecule has 3 saturated heterocycles. The van der Waals surface area contributed by atoms with E-state index in [1.54, 1.807) is 39.2 Å². The number of esters is 1. The average Bonchev–Trinajstić information content (AvgIpc) is 3.68. The SMILES string of the molecule is C=CCN(Cn1nnc2ccccc21)C(=O)C1N([C@@H](CO)[C@@H](C)CC)C(=O)[C@@H]2[C@@H](C(=O)OCC)[C@H]3CCC12S3. The summed E-state index contributed by atoms with van der Waals surface area (Å²) in [5.41, 5.74) is 1.51. The standard InChI is InChI=1S/C28H37N5O5S/c1-5-14-31(16-32-19-11-9-8-10-18(19)29-30-32)26(36)24-28-13-12-21(39-28)22(27(37)38-7-3)23(28)25(35)33(24)20(15-34)17(4)6-2/h5,8-11,17,20-24,34H,1,6-7,12-16H2,2-4H3/t17-,20-,21+,22-,23-,24?,28?/m0/s1. The Labute approximate surface area is 232 Å². The lowest BCUT2D eigenvalue weighted by atomic mass is 9.71. The zero-order valence-electron chi connectivity index (χ0n) is 22.7. The van der Waals surface area contributed by atoms with Gasteiger partial charge in [-0.1, -0.05) is 43.7 Å². The number of aromatic nitrogens is 3. The maximum Gasteiger partial charge on any atom is 0.310 e. The first-order chi connectivity index (χ1) is 18.8. The van der Waals surface area contributed by atoms with E-state index < -0.39 is 28.7 Å². The topological polar surface area (TPSA) is 118 Å². The zero-order valence-corrected chi connectivity index (χ0v) is 23.5. The number of rotatable bonds is 11. The number of carbonyl (C=O) groups is 3. The van der Waals surface area contributed by atoms with Crippen molar-refractivity contribution in [3.63, 3.8) is 0 Å². The van der Waals surface area contributed by atoms with Crippen LogP contribution in [-0.2, 0) is 25.8 Å². The monoisotopic (exact) mass is 555 g/mol. The molecule has 39 heavy (non-hydrogen) atoms. The molecule has 4 heterocycles. The number of ether oxygens (including phenoxy) is 1. The van der Waals surface area contributed by atoms with Gasteiger partial charge in [-0.15, -0.1) is 23.4 Å². The number of aliphatic hydroxyl groups excluding tert-OH is 1. The van der Waals surface area contributed by atoms with Crippen molar-refractivity contribution in [3.05, 3.63) is 36.9 Å². The van der Waals surface area contributed by atoms with Gasteiger partial charge in [0.25, 0.3) is 0 Å². The zero-order chi connectivity index (χ0) is 27.9. The first kappa shape index (κ1) is 27.6. The van der Waals surface area contributed by atoms with Gasteiger partial charge in [0.2, 0.25) is 11.8 Å². The molecule has 3 aliphatic heterocycles. The Morgan fingerprint density at radius 3 is 2.82 bits per heavy atom. The van der Waals surface area contributed by atoms with Gasteiger partial charge in [0, 0.05) is 11.8 Å². The second-order valence-corrected chi connectivity index (χ2v) is 12.4. The molecule has 210 valence electrons. The normalized spacial score (nSPS) is 28.9. The molecule has 2 bridgehead atoms. The van der Waals surface area contributed by atoms with Crippen molar-refractivity contribution in [1.82, 2.24) is 24.8 Å². The highest BCUT2D eigenvalue weighted by molar-refractivity contribution is 8.02. The Morgan fingerprint density at radius 2 is 2.13 bits per heavy atom. The summed E-state index contributed by atoms with van der Waals surface area (Å²) >= 11 is 1.60. The number of fused-ring (bicyclic) bond motifs is 2. The molecule has 0 saturated carbocycles. The third-order valence-corrected chi connectivity index (χ3v) is 10.7. The van der Waals surface area contributed by atoms with E-state index in [2.05, 4.69) is 16.9 Å². The molecule has 2 amide bonds. The quantitative estimate of drug-likeness (QED) is 0.332. The van der Waals surface area contributed by atoms with Gasteiger partial charge in [0.1, 0.15) is 18.2 Å². The first-order valence-electron chi connectivity index (χ1n) is 13.8. The van der Waals surface area contributed by atoms with Gasteiger partial charge >= 0.3 is 5.97 Å². The van der Waals surface area contributed by atoms with Crippen molar-refractivity contribution in [2.24, 2.45) is 17.8 Å². The summed E-state index contributed by atoms with van der Waals surface area (Å²) in [5, 5.41) is 18.9. The predicted molar refractivity (Wildman–Crippen MR) is 147 cm³/mol. The van der Waals surface area contributed by atoms with Crippen LogP contribution in [-0.4, -0.2) is 89.5 Å². The van der Waals surface area contributed by atoms with E-state index in [-0.39, 0.29) is 55.4 Å². The average molecular weight is 556 g/mol. The predicted octanol–water partition coefficient (Wildman–Crippen LogP) is 2.46. The summed E-state index contributed by atoms with van der Waals surface area (Å²) in [6, 6.07) is 6.16. The Balaban J connectivity index is 1.57. The molecule has 2 aromatic rings. The number of hydrogen-bond donors (Lipinski definition) is 1. The first-order valence-corrected chi connectivity index (χ1v) is 14.7. The van der Waals surface area contributed by atoms with Gasteiger partial charge in [-0.25, -0.2) is 4.68 Å². The van der Waals surface area contributed by atoms with Crippen LogP contribution >= 0.6 is 11.8 Å². The molecule has 0 aliphatic carbocycles. The van der Waals surface area contributed by atoms with E-state index >= 15 is 0 Å². The number of nitrogens with zero attached hydrogens (tertiary/aromatic N) is 5. The summed E-state index contributed by atoms with van der Waals surface area (Å²) in [5.74, 6) is -2.14. The van der Waals surface area contributed by atoms with Crippen molar-refractivity contribution >= 4 is 40.6 Å². The Bertz CT molecular complexity index is 1270. The molecule has 3 fully saturated rings. The number of amides is 2. The Kier molecular flexibility index (Phi) is 7.74. The van der Waals surface area contributed by atoms with Gasteiger partial charge in [-0.05, 0) is 37.8 Å². The van der Waals surface area contributed by atoms with Crippen LogP contribution in [0.3, 0.4) is 0 Å². The molecule has 11 heteroatoms. The minimum Gasteiger partial charge on any atom is -0.466 e. The summed E-state index contributed by atoms with van der Waals surface area (Å²) in [7, 11) is 0. The third kappa shape index (κ3) is 4.34. The maximum atomic E-state index is 14.6. The van der Waals surface area contributed by atoms with E-state index in [1.165, 1.54) is 0 Å². The number of para-hydroxylation sites is 1. The van der Waals surface area contributed by atoms with Crippen molar-refractivity contribution in [3.8, 4) is 0 Å². The van der Waals surface area contributed by atoms with Crippen LogP contribution in [0.15, 0.2) is 36.9 Å². The van der Waals surface area contributed by atoms with Crippen LogP contribution in [0.1, 0.15) is 40.0 Å². The molecule has 7 atom stereocenters. The van der Waals surface area contributed by atoms with Crippen molar-refractivity contribution in [2.45, 2.75) is 68.8 Å². The van der Waals surface area contributed by atoms with Crippen LogP contribution in [0.4, 0.5) is 0 Å². The maximum absolute atomic E-state index is 14.6. The van der Waals surface area contributed by atoms with Crippen LogP contribution in [0, 0.1) is 17.8 Å². The third-order valence-electron chi connectivity index (χ3n) is 8.76. The van der Waals surface area contributed by atoms with E-state index in [0.29, 0.717) is 6.42 Å². The summed E-state index contributed by atoms with van der Waals surface area (Å²) in [4.78, 5) is 45.3.